The molecule has 4 aromatic rings. The first-order chi connectivity index (χ1) is 25.2. The second-order valence-corrected chi connectivity index (χ2v) is 15.4. The minimum Gasteiger partial charge on any atom is -0.444 e. The fraction of sp³-hybridized carbons (Fsp3) is 0.475. The van der Waals surface area contributed by atoms with Gasteiger partial charge in [-0.3, -0.25) is 0 Å². The first-order valence-corrected chi connectivity index (χ1v) is 19.4. The molecule has 2 fully saturated rings. The van der Waals surface area contributed by atoms with Gasteiger partial charge >= 0.3 is 12.3 Å². The van der Waals surface area contributed by atoms with Crippen molar-refractivity contribution in [3.63, 3.8) is 0 Å². The van der Waals surface area contributed by atoms with Crippen molar-refractivity contribution < 1.29 is 27.4 Å². The number of rotatable bonds is 9. The minimum absolute atomic E-state index is 0.288. The number of hydrogen-bond donors (Lipinski definition) is 0. The SMILES string of the molecule is CCN(c1cc(-c2ccc(N3CCN(C(=O)OC(C)(C)C)CC3)nc2)cc(Cn2cc(-c3ccc(C(F)(F)F)cc3)nc2SC)c1C)C1CCOCC1. The van der Waals surface area contributed by atoms with Crippen molar-refractivity contribution >= 4 is 29.4 Å². The summed E-state index contributed by atoms with van der Waals surface area (Å²) in [6, 6.07) is 14.2. The maximum Gasteiger partial charge on any atom is 0.416 e. The van der Waals surface area contributed by atoms with Crippen LogP contribution < -0.4 is 9.80 Å². The van der Waals surface area contributed by atoms with Gasteiger partial charge in [-0.05, 0) is 107 Å². The first-order valence-electron chi connectivity index (χ1n) is 18.2. The number of benzene rings is 2. The normalized spacial score (nSPS) is 15.9. The smallest absolute Gasteiger partial charge is 0.416 e. The van der Waals surface area contributed by atoms with Crippen LogP contribution in [0.3, 0.4) is 0 Å². The van der Waals surface area contributed by atoms with Gasteiger partial charge in [-0.15, -0.1) is 0 Å². The highest BCUT2D eigenvalue weighted by Gasteiger charge is 2.30. The molecule has 2 aromatic carbocycles. The maximum absolute atomic E-state index is 13.2. The van der Waals surface area contributed by atoms with Crippen molar-refractivity contribution in [2.75, 3.05) is 62.0 Å². The summed E-state index contributed by atoms with van der Waals surface area (Å²) in [7, 11) is 0. The zero-order valence-electron chi connectivity index (χ0n) is 31.4. The van der Waals surface area contributed by atoms with Gasteiger partial charge in [-0.1, -0.05) is 23.9 Å². The molecule has 0 saturated carbocycles. The van der Waals surface area contributed by atoms with Crippen LogP contribution in [0.1, 0.15) is 57.2 Å². The monoisotopic (exact) mass is 750 g/mol. The van der Waals surface area contributed by atoms with Crippen molar-refractivity contribution in [2.24, 2.45) is 0 Å². The molecule has 0 atom stereocenters. The van der Waals surface area contributed by atoms with Gasteiger partial charge in [0.1, 0.15) is 11.4 Å². The molecular formula is C40H49F3N6O3S. The lowest BCUT2D eigenvalue weighted by atomic mass is 9.96. The van der Waals surface area contributed by atoms with Crippen LogP contribution in [0.2, 0.25) is 0 Å². The fourth-order valence-corrected chi connectivity index (χ4v) is 7.57. The topological polar surface area (TPSA) is 76.0 Å². The standard InChI is InChI=1S/C40H49F3N6O3S/c1-7-49(33-14-20-51-21-15-33)35-23-30(29-10-13-36(44-24-29)46-16-18-47(19-17-46)38(50)52-39(3,4)5)22-31(27(35)2)25-48-26-34(45-37(48)53-6)28-8-11-32(12-9-28)40(41,42)43/h8-13,22-24,26,33H,7,14-21,25H2,1-6H3. The number of ether oxygens (including phenoxy) is 2. The van der Waals surface area contributed by atoms with E-state index >= 15 is 0 Å². The van der Waals surface area contributed by atoms with Crippen molar-refractivity contribution in [1.29, 1.82) is 0 Å². The highest BCUT2D eigenvalue weighted by Crippen LogP contribution is 2.36. The van der Waals surface area contributed by atoms with E-state index in [0.29, 0.717) is 50.0 Å². The lowest BCUT2D eigenvalue weighted by Crippen LogP contribution is -2.50. The molecule has 2 saturated heterocycles. The molecule has 0 bridgehead atoms. The van der Waals surface area contributed by atoms with Crippen LogP contribution in [0.15, 0.2) is 66.1 Å². The molecule has 4 heterocycles. The Hall–Kier alpha value is -4.23. The van der Waals surface area contributed by atoms with Gasteiger partial charge in [0.05, 0.1) is 11.3 Å². The third-order valence-electron chi connectivity index (χ3n) is 9.88. The van der Waals surface area contributed by atoms with Gasteiger partial charge < -0.3 is 28.7 Å². The number of aromatic nitrogens is 3. The number of amides is 1. The summed E-state index contributed by atoms with van der Waals surface area (Å²) in [5.74, 6) is 0.862. The van der Waals surface area contributed by atoms with E-state index < -0.39 is 17.3 Å². The predicted octanol–water partition coefficient (Wildman–Crippen LogP) is 8.77. The van der Waals surface area contributed by atoms with Crippen LogP contribution in [-0.2, 0) is 22.2 Å². The maximum atomic E-state index is 13.2. The Morgan fingerprint density at radius 3 is 2.25 bits per heavy atom. The lowest BCUT2D eigenvalue weighted by Gasteiger charge is -2.37. The second-order valence-electron chi connectivity index (χ2n) is 14.6. The predicted molar refractivity (Wildman–Crippen MR) is 205 cm³/mol. The third kappa shape index (κ3) is 9.12. The highest BCUT2D eigenvalue weighted by atomic mass is 32.2. The summed E-state index contributed by atoms with van der Waals surface area (Å²) in [6.45, 7) is 15.3. The average molecular weight is 751 g/mol. The summed E-state index contributed by atoms with van der Waals surface area (Å²) >= 11 is 1.50. The van der Waals surface area contributed by atoms with Crippen LogP contribution in [-0.4, -0.2) is 89.4 Å². The molecule has 6 rings (SSSR count). The molecule has 1 amide bonds. The number of carbonyl (C=O) groups is 1. The fourth-order valence-electron chi connectivity index (χ4n) is 7.03. The molecule has 0 aliphatic carbocycles. The molecular weight excluding hydrogens is 702 g/mol. The molecule has 284 valence electrons. The summed E-state index contributed by atoms with van der Waals surface area (Å²) in [5.41, 5.74) is 5.55. The minimum atomic E-state index is -4.39. The summed E-state index contributed by atoms with van der Waals surface area (Å²) < 4.78 is 53.1. The number of piperazine rings is 1. The molecule has 2 aliphatic rings. The van der Waals surface area contributed by atoms with Gasteiger partial charge in [0.25, 0.3) is 0 Å². The number of nitrogens with zero attached hydrogens (tertiary/aromatic N) is 6. The molecule has 0 unspecified atom stereocenters. The zero-order chi connectivity index (χ0) is 37.9. The molecule has 9 nitrogen and oxygen atoms in total. The highest BCUT2D eigenvalue weighted by molar-refractivity contribution is 7.98. The Balaban J connectivity index is 1.29. The van der Waals surface area contributed by atoms with E-state index in [0.717, 1.165) is 72.4 Å². The van der Waals surface area contributed by atoms with E-state index in [1.807, 2.05) is 45.5 Å². The first kappa shape index (κ1) is 38.5. The van der Waals surface area contributed by atoms with E-state index in [1.165, 1.54) is 35.1 Å². The molecule has 0 N–H and O–H groups in total. The van der Waals surface area contributed by atoms with Crippen LogP contribution in [0, 0.1) is 6.92 Å². The molecule has 0 spiro atoms. The number of carbonyl (C=O) groups excluding carboxylic acids is 1. The molecule has 53 heavy (non-hydrogen) atoms. The van der Waals surface area contributed by atoms with Gasteiger partial charge in [0, 0.05) is 87.7 Å². The average Bonchev–Trinajstić information content (AvgIpc) is 3.55. The Morgan fingerprint density at radius 1 is 0.981 bits per heavy atom. The lowest BCUT2D eigenvalue weighted by molar-refractivity contribution is -0.137. The van der Waals surface area contributed by atoms with Crippen molar-refractivity contribution in [1.82, 2.24) is 19.4 Å². The number of hydrogen-bond acceptors (Lipinski definition) is 8. The zero-order valence-corrected chi connectivity index (χ0v) is 32.2. The Bertz CT molecular complexity index is 1860. The van der Waals surface area contributed by atoms with Crippen LogP contribution >= 0.6 is 11.8 Å². The quantitative estimate of drug-likeness (QED) is 0.157. The van der Waals surface area contributed by atoms with Crippen molar-refractivity contribution in [2.45, 2.75) is 77.0 Å². The second kappa shape index (κ2) is 16.0. The van der Waals surface area contributed by atoms with Gasteiger partial charge in [0.15, 0.2) is 5.16 Å². The molecule has 2 aliphatic heterocycles. The van der Waals surface area contributed by atoms with Crippen LogP contribution in [0.5, 0.6) is 0 Å². The number of halogens is 3. The van der Waals surface area contributed by atoms with Crippen molar-refractivity contribution in [3.8, 4) is 22.4 Å². The van der Waals surface area contributed by atoms with E-state index in [-0.39, 0.29) is 6.09 Å². The molecule has 2 aromatic heterocycles. The Morgan fingerprint density at radius 2 is 1.66 bits per heavy atom. The summed E-state index contributed by atoms with van der Waals surface area (Å²) in [6.07, 6.45) is 3.04. The molecule has 13 heteroatoms. The number of imidazole rings is 1. The number of alkyl halides is 3. The Kier molecular flexibility index (Phi) is 11.6. The Labute approximate surface area is 314 Å². The van der Waals surface area contributed by atoms with Gasteiger partial charge in [0.2, 0.25) is 0 Å². The number of anilines is 2. The largest absolute Gasteiger partial charge is 0.444 e. The van der Waals surface area contributed by atoms with Crippen LogP contribution in [0.4, 0.5) is 29.5 Å². The van der Waals surface area contributed by atoms with E-state index in [4.69, 9.17) is 19.4 Å². The van der Waals surface area contributed by atoms with Crippen LogP contribution in [0.25, 0.3) is 22.4 Å². The molecule has 0 radical (unpaired) electrons. The van der Waals surface area contributed by atoms with Crippen molar-refractivity contribution in [3.05, 3.63) is 77.6 Å². The summed E-state index contributed by atoms with van der Waals surface area (Å²) in [4.78, 5) is 28.7. The van der Waals surface area contributed by atoms with E-state index in [9.17, 15) is 18.0 Å². The van der Waals surface area contributed by atoms with Gasteiger partial charge in [-0.2, -0.15) is 13.2 Å². The number of thioether (sulfide) groups is 1. The van der Waals surface area contributed by atoms with E-state index in [2.05, 4.69) is 46.4 Å². The van der Waals surface area contributed by atoms with E-state index in [1.54, 1.807) is 4.90 Å². The summed E-state index contributed by atoms with van der Waals surface area (Å²) in [5, 5.41) is 0.779. The third-order valence-corrected chi connectivity index (χ3v) is 10.6. The number of pyridine rings is 1. The van der Waals surface area contributed by atoms with Gasteiger partial charge in [-0.25, -0.2) is 14.8 Å².